The number of nitrogens with two attached hydrogens (primary N) is 1. The first kappa shape index (κ1) is 16.2. The van der Waals surface area contributed by atoms with Gasteiger partial charge in [0.1, 0.15) is 11.6 Å². The fraction of sp³-hybridized carbons (Fsp3) is 0.300. The SMILES string of the molecule is Cc1cc(C2=C(c3ccc(OCC4CC4)c(Cl)c3)CC(N)=N2)ccn1. The van der Waals surface area contributed by atoms with Gasteiger partial charge in [-0.3, -0.25) is 4.98 Å². The van der Waals surface area contributed by atoms with Gasteiger partial charge in [-0.05, 0) is 61.1 Å². The third kappa shape index (κ3) is 3.54. The van der Waals surface area contributed by atoms with E-state index >= 15 is 0 Å². The van der Waals surface area contributed by atoms with Crippen molar-refractivity contribution in [2.24, 2.45) is 16.6 Å². The van der Waals surface area contributed by atoms with Crippen LogP contribution in [-0.4, -0.2) is 17.4 Å². The van der Waals surface area contributed by atoms with Gasteiger partial charge in [-0.25, -0.2) is 4.99 Å². The van der Waals surface area contributed by atoms with Crippen LogP contribution in [0.2, 0.25) is 5.02 Å². The minimum Gasteiger partial charge on any atom is -0.492 e. The number of aryl methyl sites for hydroxylation is 1. The summed E-state index contributed by atoms with van der Waals surface area (Å²) in [7, 11) is 0. The highest BCUT2D eigenvalue weighted by atomic mass is 35.5. The van der Waals surface area contributed by atoms with E-state index in [1.807, 2.05) is 37.3 Å². The summed E-state index contributed by atoms with van der Waals surface area (Å²) < 4.78 is 5.82. The van der Waals surface area contributed by atoms with Crippen LogP contribution in [0, 0.1) is 12.8 Å². The number of aromatic nitrogens is 1. The molecule has 0 amide bonds. The third-order valence-corrected chi connectivity index (χ3v) is 4.82. The Kier molecular flexibility index (Phi) is 4.22. The van der Waals surface area contributed by atoms with E-state index in [9.17, 15) is 0 Å². The zero-order valence-corrected chi connectivity index (χ0v) is 14.9. The number of nitrogens with zero attached hydrogens (tertiary/aromatic N) is 2. The van der Waals surface area contributed by atoms with Gasteiger partial charge in [0.05, 0.1) is 17.3 Å². The van der Waals surface area contributed by atoms with Crippen LogP contribution in [-0.2, 0) is 0 Å². The van der Waals surface area contributed by atoms with Crippen molar-refractivity contribution in [1.29, 1.82) is 0 Å². The van der Waals surface area contributed by atoms with Gasteiger partial charge in [-0.15, -0.1) is 0 Å². The van der Waals surface area contributed by atoms with Crippen molar-refractivity contribution in [3.63, 3.8) is 0 Å². The van der Waals surface area contributed by atoms with Crippen LogP contribution < -0.4 is 10.5 Å². The molecule has 2 N–H and O–H groups in total. The van der Waals surface area contributed by atoms with Gasteiger partial charge < -0.3 is 10.5 Å². The minimum atomic E-state index is 0.615. The smallest absolute Gasteiger partial charge is 0.137 e. The standard InChI is InChI=1S/C20H20ClN3O/c1-12-8-15(6-7-23-12)20-16(10-19(22)24-20)14-4-5-18(17(21)9-14)25-11-13-2-3-13/h4-9,13H,2-3,10-11H2,1H3,(H2,22,24). The molecule has 128 valence electrons. The second-order valence-corrected chi connectivity index (χ2v) is 7.10. The molecule has 0 saturated heterocycles. The molecule has 1 aromatic carbocycles. The molecule has 0 unspecified atom stereocenters. The first-order valence-electron chi connectivity index (χ1n) is 8.52. The Labute approximate surface area is 152 Å². The Hall–Kier alpha value is -2.33. The molecule has 4 nitrogen and oxygen atoms in total. The van der Waals surface area contributed by atoms with Crippen molar-refractivity contribution < 1.29 is 4.74 Å². The zero-order valence-electron chi connectivity index (χ0n) is 14.1. The lowest BCUT2D eigenvalue weighted by atomic mass is 9.99. The highest BCUT2D eigenvalue weighted by Gasteiger charge is 2.23. The van der Waals surface area contributed by atoms with Gasteiger partial charge in [-0.1, -0.05) is 17.7 Å². The number of rotatable bonds is 5. The highest BCUT2D eigenvalue weighted by molar-refractivity contribution is 6.32. The summed E-state index contributed by atoms with van der Waals surface area (Å²) in [5, 5.41) is 0.626. The normalized spacial score (nSPS) is 17.0. The molecule has 1 aromatic heterocycles. The van der Waals surface area contributed by atoms with Crippen LogP contribution in [0.15, 0.2) is 41.5 Å². The van der Waals surface area contributed by atoms with Crippen LogP contribution in [0.3, 0.4) is 0 Å². The molecule has 2 aliphatic rings. The van der Waals surface area contributed by atoms with Crippen molar-refractivity contribution >= 4 is 28.7 Å². The van der Waals surface area contributed by atoms with Gasteiger partial charge in [0, 0.05) is 23.9 Å². The number of amidine groups is 1. The lowest BCUT2D eigenvalue weighted by Crippen LogP contribution is -2.07. The summed E-state index contributed by atoms with van der Waals surface area (Å²) in [6.07, 6.45) is 4.93. The number of ether oxygens (including phenoxy) is 1. The molecule has 1 saturated carbocycles. The monoisotopic (exact) mass is 353 g/mol. The summed E-state index contributed by atoms with van der Waals surface area (Å²) in [5.41, 5.74) is 11.0. The Morgan fingerprint density at radius 3 is 2.76 bits per heavy atom. The summed E-state index contributed by atoms with van der Waals surface area (Å²) in [6, 6.07) is 9.90. The average Bonchev–Trinajstić information content (AvgIpc) is 3.34. The second-order valence-electron chi connectivity index (χ2n) is 6.69. The molecule has 1 fully saturated rings. The van der Waals surface area contributed by atoms with E-state index in [-0.39, 0.29) is 0 Å². The molecule has 2 heterocycles. The molecule has 2 aromatic rings. The van der Waals surface area contributed by atoms with E-state index in [1.54, 1.807) is 6.20 Å². The maximum Gasteiger partial charge on any atom is 0.137 e. The average molecular weight is 354 g/mol. The number of hydrogen-bond donors (Lipinski definition) is 1. The molecular weight excluding hydrogens is 334 g/mol. The quantitative estimate of drug-likeness (QED) is 0.863. The topological polar surface area (TPSA) is 60.5 Å². The van der Waals surface area contributed by atoms with Crippen molar-refractivity contribution in [1.82, 2.24) is 4.98 Å². The van der Waals surface area contributed by atoms with E-state index in [0.29, 0.717) is 23.2 Å². The summed E-state index contributed by atoms with van der Waals surface area (Å²) in [5.74, 6) is 2.05. The van der Waals surface area contributed by atoms with Gasteiger partial charge >= 0.3 is 0 Å². The maximum atomic E-state index is 6.44. The summed E-state index contributed by atoms with van der Waals surface area (Å²) in [4.78, 5) is 8.80. The predicted octanol–water partition coefficient (Wildman–Crippen LogP) is 4.46. The second kappa shape index (κ2) is 6.52. The van der Waals surface area contributed by atoms with E-state index < -0.39 is 0 Å². The van der Waals surface area contributed by atoms with Gasteiger partial charge in [0.25, 0.3) is 0 Å². The van der Waals surface area contributed by atoms with Crippen molar-refractivity contribution in [2.45, 2.75) is 26.2 Å². The number of benzene rings is 1. The minimum absolute atomic E-state index is 0.615. The van der Waals surface area contributed by atoms with Crippen molar-refractivity contribution in [2.75, 3.05) is 6.61 Å². The molecule has 0 bridgehead atoms. The Balaban J connectivity index is 1.66. The van der Waals surface area contributed by atoms with Gasteiger partial charge in [-0.2, -0.15) is 0 Å². The third-order valence-electron chi connectivity index (χ3n) is 4.52. The summed E-state index contributed by atoms with van der Waals surface area (Å²) >= 11 is 6.44. The zero-order chi connectivity index (χ0) is 17.4. The maximum absolute atomic E-state index is 6.44. The molecule has 0 atom stereocenters. The number of pyridine rings is 1. The fourth-order valence-corrected chi connectivity index (χ4v) is 3.22. The largest absolute Gasteiger partial charge is 0.492 e. The highest BCUT2D eigenvalue weighted by Crippen LogP contribution is 2.38. The Morgan fingerprint density at radius 2 is 2.04 bits per heavy atom. The van der Waals surface area contributed by atoms with Crippen LogP contribution in [0.1, 0.15) is 36.1 Å². The Morgan fingerprint density at radius 1 is 1.20 bits per heavy atom. The first-order valence-corrected chi connectivity index (χ1v) is 8.90. The predicted molar refractivity (Wildman–Crippen MR) is 102 cm³/mol. The molecule has 0 radical (unpaired) electrons. The molecule has 25 heavy (non-hydrogen) atoms. The molecule has 1 aliphatic heterocycles. The Bertz CT molecular complexity index is 884. The van der Waals surface area contributed by atoms with Crippen LogP contribution >= 0.6 is 11.6 Å². The van der Waals surface area contributed by atoms with E-state index in [0.717, 1.165) is 40.4 Å². The van der Waals surface area contributed by atoms with Crippen molar-refractivity contribution in [3.8, 4) is 5.75 Å². The first-order chi connectivity index (χ1) is 12.1. The molecule has 4 rings (SSSR count). The lowest BCUT2D eigenvalue weighted by Gasteiger charge is -2.11. The van der Waals surface area contributed by atoms with E-state index in [4.69, 9.17) is 22.1 Å². The number of hydrogen-bond acceptors (Lipinski definition) is 4. The number of halogens is 1. The lowest BCUT2D eigenvalue weighted by molar-refractivity contribution is 0.300. The van der Waals surface area contributed by atoms with Crippen LogP contribution in [0.5, 0.6) is 5.75 Å². The molecule has 0 spiro atoms. The van der Waals surface area contributed by atoms with Crippen LogP contribution in [0.25, 0.3) is 11.3 Å². The number of aliphatic imine (C=N–C) groups is 1. The molecule has 1 aliphatic carbocycles. The fourth-order valence-electron chi connectivity index (χ4n) is 2.98. The van der Waals surface area contributed by atoms with Gasteiger partial charge in [0.15, 0.2) is 0 Å². The van der Waals surface area contributed by atoms with E-state index in [2.05, 4.69) is 9.98 Å². The summed E-state index contributed by atoms with van der Waals surface area (Å²) in [6.45, 7) is 2.72. The van der Waals surface area contributed by atoms with E-state index in [1.165, 1.54) is 12.8 Å². The van der Waals surface area contributed by atoms with Gasteiger partial charge in [0.2, 0.25) is 0 Å². The van der Waals surface area contributed by atoms with Crippen LogP contribution in [0.4, 0.5) is 0 Å². The van der Waals surface area contributed by atoms with Crippen molar-refractivity contribution in [3.05, 3.63) is 58.4 Å². The molecular formula is C20H20ClN3O. The molecule has 5 heteroatoms.